The molecule has 1 aliphatic heterocycles. The van der Waals surface area contributed by atoms with Crippen LogP contribution in [0, 0.1) is 0 Å². The van der Waals surface area contributed by atoms with Gasteiger partial charge in [0.25, 0.3) is 5.56 Å². The minimum atomic E-state index is -4.75. The van der Waals surface area contributed by atoms with E-state index < -0.39 is 23.0 Å². The van der Waals surface area contributed by atoms with Crippen molar-refractivity contribution in [2.75, 3.05) is 32.2 Å². The molecule has 0 spiro atoms. The molecule has 0 bridgehead atoms. The van der Waals surface area contributed by atoms with Crippen molar-refractivity contribution in [2.24, 2.45) is 0 Å². The maximum atomic E-state index is 14.2. The summed E-state index contributed by atoms with van der Waals surface area (Å²) in [5.41, 5.74) is -0.781. The normalized spacial score (nSPS) is 15.5. The highest BCUT2D eigenvalue weighted by Gasteiger charge is 2.36. The molecule has 2 aromatic carbocycles. The Bertz CT molecular complexity index is 1590. The Balaban J connectivity index is 1.70. The first kappa shape index (κ1) is 26.1. The quantitative estimate of drug-likeness (QED) is 0.381. The number of methoxy groups -OCH3 is 2. The highest BCUT2D eigenvalue weighted by molar-refractivity contribution is 5.92. The van der Waals surface area contributed by atoms with Crippen LogP contribution in [0.2, 0.25) is 0 Å². The van der Waals surface area contributed by atoms with Crippen molar-refractivity contribution in [3.63, 3.8) is 0 Å². The summed E-state index contributed by atoms with van der Waals surface area (Å²) in [6, 6.07) is 10.1. The second kappa shape index (κ2) is 10.0. The Labute approximate surface area is 221 Å². The van der Waals surface area contributed by atoms with Crippen LogP contribution in [0.5, 0.6) is 11.5 Å². The molecule has 2 N–H and O–H groups in total. The van der Waals surface area contributed by atoms with Crippen LogP contribution in [0.4, 0.5) is 18.9 Å². The fourth-order valence-electron chi connectivity index (χ4n) is 4.90. The van der Waals surface area contributed by atoms with Crippen LogP contribution in [0.3, 0.4) is 0 Å². The molecule has 4 aromatic rings. The van der Waals surface area contributed by atoms with Crippen molar-refractivity contribution in [3.8, 4) is 28.4 Å². The van der Waals surface area contributed by atoms with Gasteiger partial charge in [-0.05, 0) is 42.8 Å². The van der Waals surface area contributed by atoms with Crippen LogP contribution < -0.4 is 25.2 Å². The SMILES string of the molecule is COc1cc(OC)cc(-c2nn(-c3cc(N4CCC(NC(C)=O)C4)ccc3C(F)(F)F)c(=O)c3[nH]ccc23)c1. The lowest BCUT2D eigenvalue weighted by Crippen LogP contribution is -2.35. The van der Waals surface area contributed by atoms with Crippen molar-refractivity contribution in [3.05, 3.63) is 64.6 Å². The standard InChI is InChI=1S/C27H26F3N5O4/c1-15(36)32-17-7-9-34(14-17)18-4-5-22(27(28,29)30)23(12-18)35-26(37)25-21(6-8-31-25)24(33-35)16-10-19(38-2)13-20(11-16)39-3/h4-6,8,10-13,17,31H,7,9,14H2,1-3H3,(H,32,36). The maximum Gasteiger partial charge on any atom is 0.418 e. The largest absolute Gasteiger partial charge is 0.497 e. The number of amides is 1. The second-order valence-corrected chi connectivity index (χ2v) is 9.26. The summed E-state index contributed by atoms with van der Waals surface area (Å²) in [7, 11) is 2.96. The fourth-order valence-corrected chi connectivity index (χ4v) is 4.90. The minimum absolute atomic E-state index is 0.104. The molecule has 0 aliphatic carbocycles. The van der Waals surface area contributed by atoms with Gasteiger partial charge in [0.15, 0.2) is 0 Å². The summed E-state index contributed by atoms with van der Waals surface area (Å²) < 4.78 is 54.1. The van der Waals surface area contributed by atoms with Crippen molar-refractivity contribution in [1.82, 2.24) is 20.1 Å². The average Bonchev–Trinajstić information content (AvgIpc) is 3.58. The number of aromatic nitrogens is 3. The molecule has 1 fully saturated rings. The Morgan fingerprint density at radius 2 is 1.82 bits per heavy atom. The van der Waals surface area contributed by atoms with Gasteiger partial charge in [-0.1, -0.05) is 0 Å². The van der Waals surface area contributed by atoms with Crippen LogP contribution in [-0.2, 0) is 11.0 Å². The number of carbonyl (C=O) groups excluding carboxylic acids is 1. The molecule has 1 amide bonds. The number of anilines is 1. The number of alkyl halides is 3. The van der Waals surface area contributed by atoms with E-state index >= 15 is 0 Å². The number of fused-ring (bicyclic) bond motifs is 1. The van der Waals surface area contributed by atoms with E-state index in [1.54, 1.807) is 24.3 Å². The molecule has 5 rings (SSSR count). The Morgan fingerprint density at radius 1 is 1.10 bits per heavy atom. The zero-order chi connectivity index (χ0) is 27.9. The first-order chi connectivity index (χ1) is 18.6. The number of rotatable bonds is 6. The van der Waals surface area contributed by atoms with E-state index in [-0.39, 0.29) is 23.2 Å². The molecule has 39 heavy (non-hydrogen) atoms. The van der Waals surface area contributed by atoms with Gasteiger partial charge in [-0.2, -0.15) is 23.0 Å². The van der Waals surface area contributed by atoms with E-state index in [9.17, 15) is 22.8 Å². The molecule has 12 heteroatoms. The second-order valence-electron chi connectivity index (χ2n) is 9.26. The third-order valence-corrected chi connectivity index (χ3v) is 6.71. The summed E-state index contributed by atoms with van der Waals surface area (Å²) >= 11 is 0. The monoisotopic (exact) mass is 541 g/mol. The number of nitrogens with one attached hydrogen (secondary N) is 2. The van der Waals surface area contributed by atoms with E-state index in [1.165, 1.54) is 39.5 Å². The minimum Gasteiger partial charge on any atom is -0.497 e. The number of carbonyl (C=O) groups is 1. The number of ether oxygens (including phenoxy) is 2. The lowest BCUT2D eigenvalue weighted by molar-refractivity contribution is -0.137. The Kier molecular flexibility index (Phi) is 6.71. The summed E-state index contributed by atoms with van der Waals surface area (Å²) in [6.07, 6.45) is -2.57. The molecule has 1 atom stereocenters. The molecule has 0 radical (unpaired) electrons. The molecule has 3 heterocycles. The predicted molar refractivity (Wildman–Crippen MR) is 140 cm³/mol. The lowest BCUT2D eigenvalue weighted by atomic mass is 10.1. The highest BCUT2D eigenvalue weighted by atomic mass is 19.4. The van der Waals surface area contributed by atoms with Gasteiger partial charge in [-0.25, -0.2) is 0 Å². The molecule has 2 aromatic heterocycles. The topological polar surface area (TPSA) is 101 Å². The zero-order valence-electron chi connectivity index (χ0n) is 21.4. The summed E-state index contributed by atoms with van der Waals surface area (Å²) in [6.45, 7) is 2.38. The fraction of sp³-hybridized carbons (Fsp3) is 0.296. The van der Waals surface area contributed by atoms with Crippen molar-refractivity contribution in [2.45, 2.75) is 25.6 Å². The molecule has 1 unspecified atom stereocenters. The van der Waals surface area contributed by atoms with Crippen LogP contribution in [-0.4, -0.2) is 54.0 Å². The van der Waals surface area contributed by atoms with E-state index in [2.05, 4.69) is 15.4 Å². The number of H-pyrrole nitrogens is 1. The number of hydrogen-bond acceptors (Lipinski definition) is 6. The molecule has 1 aliphatic rings. The van der Waals surface area contributed by atoms with E-state index in [0.29, 0.717) is 47.6 Å². The number of benzene rings is 2. The Morgan fingerprint density at radius 3 is 2.46 bits per heavy atom. The maximum absolute atomic E-state index is 14.2. The summed E-state index contributed by atoms with van der Waals surface area (Å²) in [5.74, 6) is 0.730. The third-order valence-electron chi connectivity index (χ3n) is 6.71. The molecular weight excluding hydrogens is 515 g/mol. The van der Waals surface area contributed by atoms with Crippen molar-refractivity contribution in [1.29, 1.82) is 0 Å². The van der Waals surface area contributed by atoms with Gasteiger partial charge in [0.05, 0.1) is 25.5 Å². The van der Waals surface area contributed by atoms with Gasteiger partial charge < -0.3 is 24.7 Å². The predicted octanol–water partition coefficient (Wildman–Crippen LogP) is 4.13. The number of hydrogen-bond donors (Lipinski definition) is 2. The van der Waals surface area contributed by atoms with Crippen molar-refractivity contribution >= 4 is 22.5 Å². The molecule has 204 valence electrons. The van der Waals surface area contributed by atoms with Crippen molar-refractivity contribution < 1.29 is 27.4 Å². The van der Waals surface area contributed by atoms with Crippen LogP contribution >= 0.6 is 0 Å². The molecule has 1 saturated heterocycles. The summed E-state index contributed by atoms with van der Waals surface area (Å²) in [5, 5.41) is 7.74. The van der Waals surface area contributed by atoms with Gasteiger partial charge in [-0.3, -0.25) is 9.59 Å². The molecular formula is C27H26F3N5O4. The van der Waals surface area contributed by atoms with Crippen LogP contribution in [0.1, 0.15) is 18.9 Å². The van der Waals surface area contributed by atoms with Gasteiger partial charge in [0, 0.05) is 55.0 Å². The van der Waals surface area contributed by atoms with E-state index in [0.717, 1.165) is 10.7 Å². The molecule has 0 saturated carbocycles. The number of nitrogens with zero attached hydrogens (tertiary/aromatic N) is 3. The van der Waals surface area contributed by atoms with Gasteiger partial charge in [0.2, 0.25) is 5.91 Å². The van der Waals surface area contributed by atoms with E-state index in [1.807, 2.05) is 4.90 Å². The van der Waals surface area contributed by atoms with Crippen LogP contribution in [0.25, 0.3) is 27.8 Å². The Hall–Kier alpha value is -4.48. The first-order valence-corrected chi connectivity index (χ1v) is 12.2. The number of halogens is 3. The zero-order valence-corrected chi connectivity index (χ0v) is 21.4. The highest BCUT2D eigenvalue weighted by Crippen LogP contribution is 2.37. The smallest absolute Gasteiger partial charge is 0.418 e. The van der Waals surface area contributed by atoms with E-state index in [4.69, 9.17) is 9.47 Å². The van der Waals surface area contributed by atoms with Crippen LogP contribution in [0.15, 0.2) is 53.5 Å². The first-order valence-electron chi connectivity index (χ1n) is 12.2. The average molecular weight is 542 g/mol. The molecule has 9 nitrogen and oxygen atoms in total. The number of aromatic amines is 1. The summed E-state index contributed by atoms with van der Waals surface area (Å²) in [4.78, 5) is 29.7. The lowest BCUT2D eigenvalue weighted by Gasteiger charge is -2.22. The van der Waals surface area contributed by atoms with Gasteiger partial charge in [-0.15, -0.1) is 0 Å². The van der Waals surface area contributed by atoms with Gasteiger partial charge in [0.1, 0.15) is 22.7 Å². The third kappa shape index (κ3) is 5.01. The van der Waals surface area contributed by atoms with Gasteiger partial charge >= 0.3 is 6.18 Å².